The summed E-state index contributed by atoms with van der Waals surface area (Å²) in [7, 11) is 0. The number of rotatable bonds is 3. The minimum atomic E-state index is -1.15. The molecule has 0 aliphatic rings. The monoisotopic (exact) mass is 302 g/mol. The van der Waals surface area contributed by atoms with E-state index in [0.717, 1.165) is 27.8 Å². The highest BCUT2D eigenvalue weighted by Crippen LogP contribution is 2.38. The van der Waals surface area contributed by atoms with Gasteiger partial charge < -0.3 is 5.11 Å². The lowest BCUT2D eigenvalue weighted by Gasteiger charge is -2.32. The van der Waals surface area contributed by atoms with Gasteiger partial charge in [0.2, 0.25) is 0 Å². The molecule has 0 heterocycles. The highest BCUT2D eigenvalue weighted by Gasteiger charge is 2.34. The van der Waals surface area contributed by atoms with Crippen molar-refractivity contribution in [1.82, 2.24) is 0 Å². The molecule has 0 bridgehead atoms. The molecule has 1 N–H and O–H groups in total. The smallest absolute Gasteiger partial charge is 0.140 e. The molecule has 3 aromatic carbocycles. The van der Waals surface area contributed by atoms with Crippen molar-refractivity contribution in [3.05, 3.63) is 106 Å². The van der Waals surface area contributed by atoms with E-state index < -0.39 is 5.60 Å². The number of benzene rings is 3. The Hall–Kier alpha value is -2.38. The maximum Gasteiger partial charge on any atom is 0.140 e. The van der Waals surface area contributed by atoms with Crippen LogP contribution in [0.4, 0.5) is 0 Å². The molecule has 116 valence electrons. The van der Waals surface area contributed by atoms with E-state index in [-0.39, 0.29) is 0 Å². The first-order valence-electron chi connectivity index (χ1n) is 7.94. The van der Waals surface area contributed by atoms with Crippen LogP contribution in [0.1, 0.15) is 33.4 Å². The Morgan fingerprint density at radius 3 is 2.00 bits per heavy atom. The van der Waals surface area contributed by atoms with Crippen molar-refractivity contribution in [3.63, 3.8) is 0 Å². The second-order valence-corrected chi connectivity index (χ2v) is 6.26. The lowest BCUT2D eigenvalue weighted by molar-refractivity contribution is 0.125. The van der Waals surface area contributed by atoms with Crippen LogP contribution in [0.3, 0.4) is 0 Å². The fraction of sp³-hybridized carbons (Fsp3) is 0.182. The van der Waals surface area contributed by atoms with Crippen LogP contribution in [0, 0.1) is 20.8 Å². The topological polar surface area (TPSA) is 20.2 Å². The van der Waals surface area contributed by atoms with Gasteiger partial charge in [0, 0.05) is 0 Å². The molecular formula is C22H22O. The lowest BCUT2D eigenvalue weighted by Crippen LogP contribution is -2.29. The van der Waals surface area contributed by atoms with E-state index in [1.165, 1.54) is 5.56 Å². The molecule has 0 aliphatic heterocycles. The molecule has 1 atom stereocenters. The van der Waals surface area contributed by atoms with Gasteiger partial charge in [-0.15, -0.1) is 0 Å². The highest BCUT2D eigenvalue weighted by atomic mass is 16.3. The predicted molar refractivity (Wildman–Crippen MR) is 95.6 cm³/mol. The summed E-state index contributed by atoms with van der Waals surface area (Å²) in [6, 6.07) is 24.3. The van der Waals surface area contributed by atoms with Gasteiger partial charge >= 0.3 is 0 Å². The first-order chi connectivity index (χ1) is 11.0. The zero-order valence-corrected chi connectivity index (χ0v) is 13.9. The van der Waals surface area contributed by atoms with E-state index in [4.69, 9.17) is 0 Å². The number of aryl methyl sites for hydroxylation is 3. The summed E-state index contributed by atoms with van der Waals surface area (Å²) in [5, 5.41) is 11.8. The van der Waals surface area contributed by atoms with Crippen LogP contribution in [-0.4, -0.2) is 5.11 Å². The summed E-state index contributed by atoms with van der Waals surface area (Å²) >= 11 is 0. The van der Waals surface area contributed by atoms with Crippen molar-refractivity contribution in [2.24, 2.45) is 0 Å². The normalized spacial score (nSPS) is 13.6. The van der Waals surface area contributed by atoms with Crippen LogP contribution in [-0.2, 0) is 5.60 Å². The molecule has 0 unspecified atom stereocenters. The van der Waals surface area contributed by atoms with Crippen LogP contribution in [0.15, 0.2) is 72.8 Å². The number of aliphatic hydroxyl groups is 1. The van der Waals surface area contributed by atoms with Crippen LogP contribution in [0.5, 0.6) is 0 Å². The number of hydrogen-bond acceptors (Lipinski definition) is 1. The Morgan fingerprint density at radius 2 is 1.35 bits per heavy atom. The average molecular weight is 302 g/mol. The molecule has 0 spiro atoms. The Bertz CT molecular complexity index is 817. The van der Waals surface area contributed by atoms with Gasteiger partial charge in [0.1, 0.15) is 5.60 Å². The third-order valence-corrected chi connectivity index (χ3v) is 4.44. The molecule has 23 heavy (non-hydrogen) atoms. The quantitative estimate of drug-likeness (QED) is 0.683. The molecule has 1 heteroatoms. The molecule has 3 rings (SSSR count). The van der Waals surface area contributed by atoms with Crippen molar-refractivity contribution in [1.29, 1.82) is 0 Å². The molecule has 0 aliphatic carbocycles. The molecule has 0 saturated carbocycles. The van der Waals surface area contributed by atoms with Gasteiger partial charge in [-0.25, -0.2) is 0 Å². The summed E-state index contributed by atoms with van der Waals surface area (Å²) in [4.78, 5) is 0. The van der Waals surface area contributed by atoms with Gasteiger partial charge in [0.25, 0.3) is 0 Å². The zero-order valence-electron chi connectivity index (χ0n) is 13.9. The first-order valence-corrected chi connectivity index (χ1v) is 7.94. The average Bonchev–Trinajstić information content (AvgIpc) is 2.55. The van der Waals surface area contributed by atoms with E-state index in [2.05, 4.69) is 26.0 Å². The van der Waals surface area contributed by atoms with E-state index in [0.29, 0.717) is 0 Å². The third-order valence-electron chi connectivity index (χ3n) is 4.44. The van der Waals surface area contributed by atoms with Gasteiger partial charge in [-0.05, 0) is 43.0 Å². The Kier molecular flexibility index (Phi) is 4.06. The molecule has 0 amide bonds. The van der Waals surface area contributed by atoms with Crippen LogP contribution in [0.2, 0.25) is 0 Å². The zero-order chi connectivity index (χ0) is 16.4. The van der Waals surface area contributed by atoms with Gasteiger partial charge in [-0.3, -0.25) is 0 Å². The minimum Gasteiger partial charge on any atom is -0.376 e. The largest absolute Gasteiger partial charge is 0.376 e. The molecule has 3 aromatic rings. The number of hydrogen-bond donors (Lipinski definition) is 1. The SMILES string of the molecule is Cc1ccc([C@](O)(c2cccc(C)c2)c2ccccc2C)cc1. The molecule has 0 fully saturated rings. The van der Waals surface area contributed by atoms with Crippen molar-refractivity contribution < 1.29 is 5.11 Å². The van der Waals surface area contributed by atoms with Gasteiger partial charge in [0.05, 0.1) is 0 Å². The molecule has 0 saturated heterocycles. The maximum atomic E-state index is 11.8. The third kappa shape index (κ3) is 2.80. The Labute approximate surface area is 138 Å². The standard InChI is InChI=1S/C22H22O/c1-16-11-13-19(14-12-16)22(23,20-9-6-7-17(2)15-20)21-10-5-4-8-18(21)3/h4-15,23H,1-3H3/t22-/m0/s1. The van der Waals surface area contributed by atoms with Crippen LogP contribution >= 0.6 is 0 Å². The fourth-order valence-corrected chi connectivity index (χ4v) is 3.12. The van der Waals surface area contributed by atoms with Crippen LogP contribution in [0.25, 0.3) is 0 Å². The first kappa shape index (κ1) is 15.5. The molecule has 0 aromatic heterocycles. The van der Waals surface area contributed by atoms with Crippen molar-refractivity contribution in [3.8, 4) is 0 Å². The summed E-state index contributed by atoms with van der Waals surface area (Å²) in [6.07, 6.45) is 0. The van der Waals surface area contributed by atoms with E-state index in [9.17, 15) is 5.11 Å². The van der Waals surface area contributed by atoms with E-state index >= 15 is 0 Å². The maximum absolute atomic E-state index is 11.8. The Morgan fingerprint density at radius 1 is 0.652 bits per heavy atom. The summed E-state index contributed by atoms with van der Waals surface area (Å²) in [6.45, 7) is 6.16. The fourth-order valence-electron chi connectivity index (χ4n) is 3.12. The lowest BCUT2D eigenvalue weighted by atomic mass is 9.78. The van der Waals surface area contributed by atoms with Crippen molar-refractivity contribution in [2.75, 3.05) is 0 Å². The molecule has 0 radical (unpaired) electrons. The van der Waals surface area contributed by atoms with E-state index in [1.807, 2.05) is 67.6 Å². The summed E-state index contributed by atoms with van der Waals surface area (Å²) in [5.41, 5.74) is 4.97. The van der Waals surface area contributed by atoms with Crippen molar-refractivity contribution >= 4 is 0 Å². The Balaban J connectivity index is 2.29. The van der Waals surface area contributed by atoms with Gasteiger partial charge in [-0.1, -0.05) is 83.9 Å². The summed E-state index contributed by atoms with van der Waals surface area (Å²) in [5.74, 6) is 0. The predicted octanol–water partition coefficient (Wildman–Crippen LogP) is 4.90. The van der Waals surface area contributed by atoms with Gasteiger partial charge in [0.15, 0.2) is 0 Å². The van der Waals surface area contributed by atoms with Crippen molar-refractivity contribution in [2.45, 2.75) is 26.4 Å². The van der Waals surface area contributed by atoms with Gasteiger partial charge in [-0.2, -0.15) is 0 Å². The summed E-state index contributed by atoms with van der Waals surface area (Å²) < 4.78 is 0. The molecule has 1 nitrogen and oxygen atoms in total. The minimum absolute atomic E-state index is 0.892. The van der Waals surface area contributed by atoms with Crippen LogP contribution < -0.4 is 0 Å². The molecular weight excluding hydrogens is 280 g/mol. The highest BCUT2D eigenvalue weighted by molar-refractivity contribution is 5.50. The second kappa shape index (κ2) is 6.02. The second-order valence-electron chi connectivity index (χ2n) is 6.26. The van der Waals surface area contributed by atoms with E-state index in [1.54, 1.807) is 0 Å².